The zero-order valence-corrected chi connectivity index (χ0v) is 20.6. The van der Waals surface area contributed by atoms with Crippen molar-refractivity contribution >= 4 is 63.1 Å². The normalized spacial score (nSPS) is 10.8. The number of benzene rings is 2. The van der Waals surface area contributed by atoms with Crippen LogP contribution in [-0.2, 0) is 16.0 Å². The fraction of sp³-hybridized carbons (Fsp3) is 0.217. The Kier molecular flexibility index (Phi) is 8.60. The molecule has 3 amide bonds. The zero-order valence-electron chi connectivity index (χ0n) is 18.3. The van der Waals surface area contributed by atoms with E-state index in [1.807, 2.05) is 0 Å². The molecular weight excluding hydrogens is 502 g/mol. The Labute approximate surface area is 209 Å². The van der Waals surface area contributed by atoms with Crippen LogP contribution in [0.1, 0.15) is 29.9 Å². The van der Waals surface area contributed by atoms with E-state index in [0.29, 0.717) is 16.3 Å². The summed E-state index contributed by atoms with van der Waals surface area (Å²) in [4.78, 5) is 43.3. The maximum Gasteiger partial charge on any atom is 0.254 e. The van der Waals surface area contributed by atoms with Crippen LogP contribution in [-0.4, -0.2) is 40.2 Å². The van der Waals surface area contributed by atoms with Gasteiger partial charge < -0.3 is 15.5 Å². The maximum atomic E-state index is 13.7. The molecule has 0 atom stereocenters. The molecule has 1 heterocycles. The topological polar surface area (TPSA) is 91.4 Å². The summed E-state index contributed by atoms with van der Waals surface area (Å²) in [6.07, 6.45) is -0.0887. The third-order valence-corrected chi connectivity index (χ3v) is 6.20. The first-order valence-electron chi connectivity index (χ1n) is 10.2. The first-order chi connectivity index (χ1) is 16.1. The summed E-state index contributed by atoms with van der Waals surface area (Å²) in [6, 6.07) is 10.1. The summed E-state index contributed by atoms with van der Waals surface area (Å²) in [5, 5.41) is 7.60. The fourth-order valence-electron chi connectivity index (χ4n) is 2.96. The lowest BCUT2D eigenvalue weighted by atomic mass is 10.1. The van der Waals surface area contributed by atoms with Crippen molar-refractivity contribution in [3.05, 3.63) is 75.0 Å². The Hall–Kier alpha value is -3.01. The number of hydrogen-bond acceptors (Lipinski definition) is 5. The van der Waals surface area contributed by atoms with Crippen molar-refractivity contribution in [2.75, 3.05) is 17.2 Å². The monoisotopic (exact) mass is 522 g/mol. The van der Waals surface area contributed by atoms with Gasteiger partial charge in [0, 0.05) is 17.0 Å². The minimum Gasteiger partial charge on any atom is -0.327 e. The Morgan fingerprint density at radius 3 is 2.47 bits per heavy atom. The number of carbonyl (C=O) groups excluding carboxylic acids is 3. The van der Waals surface area contributed by atoms with Gasteiger partial charge in [-0.1, -0.05) is 35.3 Å². The second kappa shape index (κ2) is 11.4. The van der Waals surface area contributed by atoms with Gasteiger partial charge in [-0.25, -0.2) is 9.37 Å². The van der Waals surface area contributed by atoms with E-state index in [9.17, 15) is 18.8 Å². The van der Waals surface area contributed by atoms with E-state index in [1.54, 1.807) is 31.4 Å². The zero-order chi connectivity index (χ0) is 24.8. The highest BCUT2D eigenvalue weighted by Crippen LogP contribution is 2.24. The molecule has 0 radical (unpaired) electrons. The lowest BCUT2D eigenvalue weighted by Crippen LogP contribution is -2.42. The van der Waals surface area contributed by atoms with E-state index >= 15 is 0 Å². The molecule has 3 aromatic rings. The molecule has 0 aliphatic rings. The molecule has 1 aromatic heterocycles. The lowest BCUT2D eigenvalue weighted by Gasteiger charge is -2.26. The van der Waals surface area contributed by atoms with Crippen LogP contribution in [0.15, 0.2) is 47.8 Å². The Balaban J connectivity index is 1.59. The molecule has 0 saturated heterocycles. The van der Waals surface area contributed by atoms with Gasteiger partial charge in [0.2, 0.25) is 11.8 Å². The first-order valence-corrected chi connectivity index (χ1v) is 11.8. The summed E-state index contributed by atoms with van der Waals surface area (Å²) in [5.74, 6) is -1.79. The van der Waals surface area contributed by atoms with E-state index in [4.69, 9.17) is 23.2 Å². The van der Waals surface area contributed by atoms with Crippen molar-refractivity contribution < 1.29 is 18.8 Å². The van der Waals surface area contributed by atoms with Crippen molar-refractivity contribution in [1.29, 1.82) is 0 Å². The van der Waals surface area contributed by atoms with Crippen LogP contribution in [0, 0.1) is 5.82 Å². The largest absolute Gasteiger partial charge is 0.327 e. The van der Waals surface area contributed by atoms with Crippen molar-refractivity contribution in [2.24, 2.45) is 0 Å². The van der Waals surface area contributed by atoms with Gasteiger partial charge in [0.25, 0.3) is 5.91 Å². The quantitative estimate of drug-likeness (QED) is 0.422. The molecule has 0 aliphatic heterocycles. The number of carbonyl (C=O) groups is 3. The van der Waals surface area contributed by atoms with Gasteiger partial charge in [-0.2, -0.15) is 0 Å². The second-order valence-corrected chi connectivity index (χ2v) is 9.23. The number of hydrogen-bond donors (Lipinski definition) is 2. The standard InChI is InChI=1S/C23H21Cl2FN4O3S/c1-13(2)30(22(33)14-7-8-16(24)17(25)9-14)11-21(32)29-23-27-15(12-34-23)10-20(31)28-19-6-4-3-5-18(19)26/h3-9,12-13H,10-11H2,1-2H3,(H,28,31)(H,27,29,32). The van der Waals surface area contributed by atoms with Crippen LogP contribution >= 0.6 is 34.5 Å². The number of rotatable bonds is 8. The van der Waals surface area contributed by atoms with Crippen LogP contribution in [0.4, 0.5) is 15.2 Å². The summed E-state index contributed by atoms with van der Waals surface area (Å²) in [6.45, 7) is 3.37. The average Bonchev–Trinajstić information content (AvgIpc) is 3.21. The van der Waals surface area contributed by atoms with E-state index in [1.165, 1.54) is 35.2 Å². The number of amides is 3. The van der Waals surface area contributed by atoms with E-state index in [-0.39, 0.29) is 40.8 Å². The number of thiazole rings is 1. The highest BCUT2D eigenvalue weighted by molar-refractivity contribution is 7.13. The molecule has 178 valence electrons. The molecular formula is C23H21Cl2FN4O3S. The van der Waals surface area contributed by atoms with Crippen molar-refractivity contribution in [1.82, 2.24) is 9.88 Å². The maximum absolute atomic E-state index is 13.7. The first kappa shape index (κ1) is 25.6. The summed E-state index contributed by atoms with van der Waals surface area (Å²) >= 11 is 13.1. The summed E-state index contributed by atoms with van der Waals surface area (Å²) in [5.41, 5.74) is 0.812. The third-order valence-electron chi connectivity index (χ3n) is 4.65. The summed E-state index contributed by atoms with van der Waals surface area (Å²) < 4.78 is 13.7. The molecule has 11 heteroatoms. The van der Waals surface area contributed by atoms with Crippen LogP contribution in [0.3, 0.4) is 0 Å². The van der Waals surface area contributed by atoms with Crippen molar-refractivity contribution in [3.63, 3.8) is 0 Å². The molecule has 2 N–H and O–H groups in total. The lowest BCUT2D eigenvalue weighted by molar-refractivity contribution is -0.117. The highest BCUT2D eigenvalue weighted by Gasteiger charge is 2.23. The fourth-order valence-corrected chi connectivity index (χ4v) is 3.99. The predicted molar refractivity (Wildman–Crippen MR) is 132 cm³/mol. The minimum atomic E-state index is -0.535. The Morgan fingerprint density at radius 1 is 1.06 bits per heavy atom. The Bertz CT molecular complexity index is 1220. The van der Waals surface area contributed by atoms with Crippen LogP contribution < -0.4 is 10.6 Å². The van der Waals surface area contributed by atoms with Gasteiger partial charge in [-0.15, -0.1) is 11.3 Å². The van der Waals surface area contributed by atoms with Crippen molar-refractivity contribution in [2.45, 2.75) is 26.3 Å². The number of nitrogens with one attached hydrogen (secondary N) is 2. The van der Waals surface area contributed by atoms with Gasteiger partial charge in [0.15, 0.2) is 5.13 Å². The van der Waals surface area contributed by atoms with Crippen LogP contribution in [0.25, 0.3) is 0 Å². The molecule has 7 nitrogen and oxygen atoms in total. The number of nitrogens with zero attached hydrogens (tertiary/aromatic N) is 2. The number of aromatic nitrogens is 1. The van der Waals surface area contributed by atoms with Crippen LogP contribution in [0.2, 0.25) is 10.0 Å². The number of anilines is 2. The summed E-state index contributed by atoms with van der Waals surface area (Å²) in [7, 11) is 0. The van der Waals surface area contributed by atoms with E-state index < -0.39 is 17.6 Å². The molecule has 2 aromatic carbocycles. The molecule has 0 bridgehead atoms. The van der Waals surface area contributed by atoms with Gasteiger partial charge in [-0.05, 0) is 44.2 Å². The van der Waals surface area contributed by atoms with E-state index in [2.05, 4.69) is 15.6 Å². The third kappa shape index (κ3) is 6.75. The predicted octanol–water partition coefficient (Wildman–Crippen LogP) is 5.26. The highest BCUT2D eigenvalue weighted by atomic mass is 35.5. The second-order valence-electron chi connectivity index (χ2n) is 7.55. The molecule has 34 heavy (non-hydrogen) atoms. The molecule has 0 aliphatic carbocycles. The van der Waals surface area contributed by atoms with Gasteiger partial charge >= 0.3 is 0 Å². The molecule has 0 unspecified atom stereocenters. The van der Waals surface area contributed by atoms with E-state index in [0.717, 1.165) is 11.3 Å². The van der Waals surface area contributed by atoms with Crippen molar-refractivity contribution in [3.8, 4) is 0 Å². The van der Waals surface area contributed by atoms with Gasteiger partial charge in [0.05, 0.1) is 27.8 Å². The Morgan fingerprint density at radius 2 is 1.79 bits per heavy atom. The molecule has 0 spiro atoms. The number of para-hydroxylation sites is 1. The average molecular weight is 523 g/mol. The molecule has 3 rings (SSSR count). The van der Waals surface area contributed by atoms with Gasteiger partial charge in [0.1, 0.15) is 12.4 Å². The molecule has 0 fully saturated rings. The SMILES string of the molecule is CC(C)N(CC(=O)Nc1nc(CC(=O)Nc2ccccc2F)cs1)C(=O)c1ccc(Cl)c(Cl)c1. The van der Waals surface area contributed by atoms with Gasteiger partial charge in [-0.3, -0.25) is 14.4 Å². The number of halogens is 3. The minimum absolute atomic E-state index is 0.0803. The molecule has 0 saturated carbocycles. The smallest absolute Gasteiger partial charge is 0.254 e. The van der Waals surface area contributed by atoms with Crippen LogP contribution in [0.5, 0.6) is 0 Å².